The predicted octanol–water partition coefficient (Wildman–Crippen LogP) is 3.41. The molecule has 1 aliphatic rings. The lowest BCUT2D eigenvalue weighted by Gasteiger charge is -2.34. The molecule has 1 aliphatic heterocycles. The van der Waals surface area contributed by atoms with Crippen molar-refractivity contribution in [1.29, 1.82) is 0 Å². The van der Waals surface area contributed by atoms with Crippen LogP contribution in [0.4, 0.5) is 17.6 Å². The van der Waals surface area contributed by atoms with Crippen LogP contribution in [0.1, 0.15) is 35.8 Å². The summed E-state index contributed by atoms with van der Waals surface area (Å²) in [6, 6.07) is 11.0. The number of methoxy groups -OCH3 is 1. The first-order valence-corrected chi connectivity index (χ1v) is 10.1. The van der Waals surface area contributed by atoms with Crippen LogP contribution < -0.4 is 15.4 Å². The largest absolute Gasteiger partial charge is 0.496 e. The summed E-state index contributed by atoms with van der Waals surface area (Å²) in [6.07, 6.45) is -2.88. The molecule has 1 fully saturated rings. The second kappa shape index (κ2) is 9.21. The minimum Gasteiger partial charge on any atom is -0.496 e. The van der Waals surface area contributed by atoms with E-state index in [2.05, 4.69) is 26.2 Å². The molecule has 4 rings (SSSR count). The fourth-order valence-corrected chi connectivity index (χ4v) is 3.97. The zero-order valence-electron chi connectivity index (χ0n) is 17.2. The minimum atomic E-state index is -4.69. The molecule has 0 amide bonds. The van der Waals surface area contributed by atoms with E-state index in [1.165, 1.54) is 25.3 Å². The first-order chi connectivity index (χ1) is 15.4. The van der Waals surface area contributed by atoms with Gasteiger partial charge in [0.2, 0.25) is 0 Å². The third-order valence-electron chi connectivity index (χ3n) is 5.45. The van der Waals surface area contributed by atoms with Crippen LogP contribution in [0.15, 0.2) is 42.5 Å². The van der Waals surface area contributed by atoms with Gasteiger partial charge in [0.25, 0.3) is 5.82 Å². The quantitative estimate of drug-likeness (QED) is 0.561. The highest BCUT2D eigenvalue weighted by Gasteiger charge is 2.38. The molecule has 1 aromatic heterocycles. The van der Waals surface area contributed by atoms with Gasteiger partial charge in [-0.1, -0.05) is 12.1 Å². The molecule has 32 heavy (non-hydrogen) atoms. The Labute approximate surface area is 181 Å². The highest BCUT2D eigenvalue weighted by Crippen LogP contribution is 2.30. The number of nitrogens with zero attached hydrogens (tertiary/aromatic N) is 4. The second-order valence-corrected chi connectivity index (χ2v) is 7.52. The molecule has 0 unspecified atom stereocenters. The first kappa shape index (κ1) is 22.2. The Kier molecular flexibility index (Phi) is 6.38. The van der Waals surface area contributed by atoms with Crippen LogP contribution >= 0.6 is 0 Å². The normalized spacial score (nSPS) is 19.2. The highest BCUT2D eigenvalue weighted by molar-refractivity contribution is 5.44. The van der Waals surface area contributed by atoms with Crippen LogP contribution in [0.3, 0.4) is 0 Å². The summed E-state index contributed by atoms with van der Waals surface area (Å²) in [5.74, 6) is -0.983. The van der Waals surface area contributed by atoms with Crippen LogP contribution in [-0.2, 0) is 12.7 Å². The molecule has 0 spiro atoms. The molecule has 2 atom stereocenters. The molecule has 7 nitrogen and oxygen atoms in total. The summed E-state index contributed by atoms with van der Waals surface area (Å²) in [5.41, 5.74) is 1.66. The van der Waals surface area contributed by atoms with Crippen LogP contribution in [0, 0.1) is 5.82 Å². The Bertz CT molecular complexity index is 1070. The third-order valence-corrected chi connectivity index (χ3v) is 5.45. The number of ether oxygens (including phenoxy) is 1. The Morgan fingerprint density at radius 3 is 2.81 bits per heavy atom. The van der Waals surface area contributed by atoms with Gasteiger partial charge in [0.15, 0.2) is 0 Å². The molecule has 0 saturated carbocycles. The van der Waals surface area contributed by atoms with Crippen molar-refractivity contribution in [3.05, 3.63) is 65.2 Å². The van der Waals surface area contributed by atoms with E-state index in [4.69, 9.17) is 4.74 Å². The van der Waals surface area contributed by atoms with Gasteiger partial charge < -0.3 is 15.4 Å². The Hall–Kier alpha value is -3.05. The fraction of sp³-hybridized carbons (Fsp3) is 0.381. The lowest BCUT2D eigenvalue weighted by atomic mass is 9.92. The van der Waals surface area contributed by atoms with E-state index >= 15 is 0 Å². The zero-order valence-corrected chi connectivity index (χ0v) is 17.2. The lowest BCUT2D eigenvalue weighted by Crippen LogP contribution is -2.45. The first-order valence-electron chi connectivity index (χ1n) is 10.1. The van der Waals surface area contributed by atoms with Crippen molar-refractivity contribution in [3.63, 3.8) is 0 Å². The van der Waals surface area contributed by atoms with Gasteiger partial charge in [-0.15, -0.1) is 5.10 Å². The van der Waals surface area contributed by atoms with Crippen LogP contribution in [-0.4, -0.2) is 39.9 Å². The number of alkyl halides is 3. The van der Waals surface area contributed by atoms with Gasteiger partial charge in [-0.25, -0.2) is 4.39 Å². The summed E-state index contributed by atoms with van der Waals surface area (Å²) in [7, 11) is 1.49. The predicted molar refractivity (Wildman–Crippen MR) is 108 cm³/mol. The van der Waals surface area contributed by atoms with Crippen molar-refractivity contribution in [2.24, 2.45) is 0 Å². The van der Waals surface area contributed by atoms with Crippen molar-refractivity contribution in [3.8, 4) is 11.4 Å². The van der Waals surface area contributed by atoms with E-state index in [0.717, 1.165) is 24.9 Å². The number of hydrogen-bond acceptors (Lipinski definition) is 6. The van der Waals surface area contributed by atoms with Gasteiger partial charge in [0, 0.05) is 24.2 Å². The number of nitrogens with one attached hydrogen (secondary N) is 2. The van der Waals surface area contributed by atoms with E-state index in [1.54, 1.807) is 18.2 Å². The van der Waals surface area contributed by atoms with Gasteiger partial charge in [0.05, 0.1) is 12.8 Å². The van der Waals surface area contributed by atoms with E-state index in [0.29, 0.717) is 22.5 Å². The maximum atomic E-state index is 13.7. The van der Waals surface area contributed by atoms with E-state index < -0.39 is 12.0 Å². The number of halogens is 4. The van der Waals surface area contributed by atoms with E-state index in [1.807, 2.05) is 6.07 Å². The zero-order chi connectivity index (χ0) is 22.7. The second-order valence-electron chi connectivity index (χ2n) is 7.52. The number of tetrazole rings is 1. The van der Waals surface area contributed by atoms with Crippen molar-refractivity contribution < 1.29 is 22.3 Å². The molecule has 2 aromatic carbocycles. The lowest BCUT2D eigenvalue weighted by molar-refractivity contribution is -0.146. The Morgan fingerprint density at radius 2 is 2.06 bits per heavy atom. The van der Waals surface area contributed by atoms with Crippen molar-refractivity contribution in [1.82, 2.24) is 30.8 Å². The van der Waals surface area contributed by atoms with Gasteiger partial charge in [-0.3, -0.25) is 0 Å². The summed E-state index contributed by atoms with van der Waals surface area (Å²) in [6.45, 7) is 1.15. The van der Waals surface area contributed by atoms with Crippen LogP contribution in [0.25, 0.3) is 5.69 Å². The topological polar surface area (TPSA) is 76.9 Å². The standard InChI is InChI=1S/C21H22F4N6O/c1-32-18-8-7-16(31-20(21(23,24)25)28-29-30-31)11-14(18)12-27-17-6-3-9-26-19(17)13-4-2-5-15(22)10-13/h2,4-5,7-8,10-11,17,19,26-27H,3,6,9,12H2,1H3/t17-,19-/m0/s1. The molecule has 0 bridgehead atoms. The van der Waals surface area contributed by atoms with Gasteiger partial charge in [0.1, 0.15) is 11.6 Å². The van der Waals surface area contributed by atoms with Gasteiger partial charge >= 0.3 is 6.18 Å². The summed E-state index contributed by atoms with van der Waals surface area (Å²) < 4.78 is 59.4. The van der Waals surface area contributed by atoms with Crippen LogP contribution in [0.5, 0.6) is 5.75 Å². The van der Waals surface area contributed by atoms with Gasteiger partial charge in [-0.05, 0) is 65.7 Å². The van der Waals surface area contributed by atoms with Crippen molar-refractivity contribution in [2.45, 2.75) is 37.6 Å². The fourth-order valence-electron chi connectivity index (χ4n) is 3.97. The third kappa shape index (κ3) is 4.73. The molecule has 170 valence electrons. The molecule has 2 N–H and O–H groups in total. The molecular weight excluding hydrogens is 428 g/mol. The Balaban J connectivity index is 1.57. The number of rotatable bonds is 6. The number of benzene rings is 2. The average Bonchev–Trinajstić information content (AvgIpc) is 3.28. The number of aromatic nitrogens is 4. The summed E-state index contributed by atoms with van der Waals surface area (Å²) in [5, 5.41) is 16.6. The highest BCUT2D eigenvalue weighted by atomic mass is 19.4. The molecular formula is C21H22F4N6O. The molecule has 3 aromatic rings. The molecule has 0 aliphatic carbocycles. The summed E-state index contributed by atoms with van der Waals surface area (Å²) >= 11 is 0. The monoisotopic (exact) mass is 450 g/mol. The van der Waals surface area contributed by atoms with E-state index in [-0.39, 0.29) is 23.6 Å². The molecule has 0 radical (unpaired) electrons. The smallest absolute Gasteiger partial charge is 0.453 e. The molecule has 2 heterocycles. The Morgan fingerprint density at radius 1 is 1.22 bits per heavy atom. The van der Waals surface area contributed by atoms with E-state index in [9.17, 15) is 17.6 Å². The molecule has 1 saturated heterocycles. The summed E-state index contributed by atoms with van der Waals surface area (Å²) in [4.78, 5) is 0. The van der Waals surface area contributed by atoms with Gasteiger partial charge in [-0.2, -0.15) is 17.9 Å². The number of piperidine rings is 1. The maximum absolute atomic E-state index is 13.7. The maximum Gasteiger partial charge on any atom is 0.453 e. The average molecular weight is 450 g/mol. The number of hydrogen-bond donors (Lipinski definition) is 2. The SMILES string of the molecule is COc1ccc(-n2nnnc2C(F)(F)F)cc1CN[C@H]1CCCN[C@H]1c1cccc(F)c1. The van der Waals surface area contributed by atoms with Crippen molar-refractivity contribution >= 4 is 0 Å². The van der Waals surface area contributed by atoms with Crippen LogP contribution in [0.2, 0.25) is 0 Å². The van der Waals surface area contributed by atoms with Crippen molar-refractivity contribution in [2.75, 3.05) is 13.7 Å². The minimum absolute atomic E-state index is 0.00214. The molecule has 11 heteroatoms.